The minimum absolute atomic E-state index is 0.0983. The first-order chi connectivity index (χ1) is 11.1. The summed E-state index contributed by atoms with van der Waals surface area (Å²) < 4.78 is 0. The van der Waals surface area contributed by atoms with Crippen LogP contribution in [0.1, 0.15) is 53.9 Å². The Kier molecular flexibility index (Phi) is 2.67. The lowest BCUT2D eigenvalue weighted by molar-refractivity contribution is -0.0114. The minimum atomic E-state index is -0.664. The van der Waals surface area contributed by atoms with E-state index in [0.29, 0.717) is 30.3 Å². The summed E-state index contributed by atoms with van der Waals surface area (Å²) in [6.07, 6.45) is 0. The van der Waals surface area contributed by atoms with Gasteiger partial charge in [0.2, 0.25) is 0 Å². The zero-order valence-corrected chi connectivity index (χ0v) is 13.7. The zero-order valence-electron chi connectivity index (χ0n) is 13.7. The first-order valence-corrected chi connectivity index (χ1v) is 8.76. The fraction of sp³-hybridized carbons (Fsp3) is 0.429. The van der Waals surface area contributed by atoms with Crippen LogP contribution >= 0.6 is 0 Å². The number of benzene rings is 2. The van der Waals surface area contributed by atoms with Crippen LogP contribution in [-0.2, 0) is 0 Å². The molecule has 2 N–H and O–H groups in total. The molecule has 0 saturated heterocycles. The number of hydrogen-bond acceptors (Lipinski definition) is 2. The van der Waals surface area contributed by atoms with Crippen LogP contribution < -0.4 is 5.32 Å². The second-order valence-corrected chi connectivity index (χ2v) is 7.80. The molecule has 2 aromatic rings. The lowest BCUT2D eigenvalue weighted by Crippen LogP contribution is -2.52. The van der Waals surface area contributed by atoms with E-state index in [4.69, 9.17) is 0 Å². The van der Waals surface area contributed by atoms with E-state index < -0.39 is 5.60 Å². The Bertz CT molecular complexity index is 729. The molecular weight excluding hydrogens is 282 g/mol. The van der Waals surface area contributed by atoms with Gasteiger partial charge in [-0.15, -0.1) is 0 Å². The summed E-state index contributed by atoms with van der Waals surface area (Å²) >= 11 is 0. The minimum Gasteiger partial charge on any atom is -0.387 e. The van der Waals surface area contributed by atoms with Crippen molar-refractivity contribution in [2.75, 3.05) is 6.54 Å². The highest BCUT2D eigenvalue weighted by Crippen LogP contribution is 2.75. The van der Waals surface area contributed by atoms with Gasteiger partial charge < -0.3 is 10.4 Å². The lowest BCUT2D eigenvalue weighted by Gasteiger charge is -2.44. The van der Waals surface area contributed by atoms with Crippen molar-refractivity contribution in [1.82, 2.24) is 5.32 Å². The number of fused-ring (bicyclic) bond motifs is 8. The normalized spacial score (nSPS) is 35.7. The number of hydrogen-bond donors (Lipinski definition) is 2. The van der Waals surface area contributed by atoms with E-state index in [0.717, 1.165) is 0 Å². The molecule has 3 aliphatic carbocycles. The Morgan fingerprint density at radius 2 is 1.39 bits per heavy atom. The van der Waals surface area contributed by atoms with Crippen LogP contribution in [0.4, 0.5) is 0 Å². The highest BCUT2D eigenvalue weighted by atomic mass is 16.3. The monoisotopic (exact) mass is 305 g/mol. The maximum absolute atomic E-state index is 11.8. The Hall–Kier alpha value is -1.64. The van der Waals surface area contributed by atoms with Crippen LogP contribution in [0.2, 0.25) is 0 Å². The summed E-state index contributed by atoms with van der Waals surface area (Å²) in [6.45, 7) is 4.98. The van der Waals surface area contributed by atoms with Crippen molar-refractivity contribution < 1.29 is 5.11 Å². The number of aliphatic hydroxyl groups is 1. The summed E-state index contributed by atoms with van der Waals surface area (Å²) in [4.78, 5) is 0. The fourth-order valence-corrected chi connectivity index (χ4v) is 5.35. The highest BCUT2D eigenvalue weighted by molar-refractivity contribution is 5.61. The van der Waals surface area contributed by atoms with Crippen LogP contribution in [0.5, 0.6) is 0 Å². The van der Waals surface area contributed by atoms with Crippen molar-refractivity contribution in [2.45, 2.75) is 43.2 Å². The van der Waals surface area contributed by atoms with Crippen LogP contribution in [0, 0.1) is 5.92 Å². The molecule has 2 bridgehead atoms. The molecule has 2 nitrogen and oxygen atoms in total. The lowest BCUT2D eigenvalue weighted by atomic mass is 9.66. The van der Waals surface area contributed by atoms with Crippen molar-refractivity contribution in [3.63, 3.8) is 0 Å². The summed E-state index contributed by atoms with van der Waals surface area (Å²) in [6, 6.07) is 17.9. The predicted molar refractivity (Wildman–Crippen MR) is 91.8 cm³/mol. The first-order valence-electron chi connectivity index (χ1n) is 8.76. The van der Waals surface area contributed by atoms with Crippen LogP contribution in [-0.4, -0.2) is 23.3 Å². The summed E-state index contributed by atoms with van der Waals surface area (Å²) in [5.74, 6) is 1.44. The van der Waals surface area contributed by atoms with Gasteiger partial charge in [0.1, 0.15) is 0 Å². The fourth-order valence-electron chi connectivity index (χ4n) is 5.35. The maximum atomic E-state index is 11.8. The number of rotatable bonds is 3. The van der Waals surface area contributed by atoms with E-state index >= 15 is 0 Å². The van der Waals surface area contributed by atoms with Gasteiger partial charge in [-0.3, -0.25) is 0 Å². The molecule has 2 heteroatoms. The van der Waals surface area contributed by atoms with Crippen molar-refractivity contribution in [3.05, 3.63) is 70.8 Å². The van der Waals surface area contributed by atoms with Crippen LogP contribution in [0.15, 0.2) is 48.5 Å². The van der Waals surface area contributed by atoms with Gasteiger partial charge in [-0.05, 0) is 34.1 Å². The average Bonchev–Trinajstić information content (AvgIpc) is 3.32. The molecule has 0 spiro atoms. The second-order valence-electron chi connectivity index (χ2n) is 7.80. The third-order valence-corrected chi connectivity index (χ3v) is 6.22. The SMILES string of the molecule is CC(C)NCC1(O)C2c3ccccc3C3C(c4ccccc42)C31. The standard InChI is InChI=1S/C21H23NO/c1-12(2)22-11-21(23)19-15-9-5-3-7-13(15)17-18(20(17)21)14-8-4-6-10-16(14)19/h3-10,12,17-20,22-23H,11H2,1-2H3. The second kappa shape index (κ2) is 4.46. The van der Waals surface area contributed by atoms with Crippen molar-refractivity contribution in [2.24, 2.45) is 5.92 Å². The summed E-state index contributed by atoms with van der Waals surface area (Å²) in [5.41, 5.74) is 4.96. The van der Waals surface area contributed by atoms with Crippen LogP contribution in [0.25, 0.3) is 0 Å². The van der Waals surface area contributed by atoms with E-state index in [2.05, 4.69) is 67.7 Å². The van der Waals surface area contributed by atoms with Crippen molar-refractivity contribution in [1.29, 1.82) is 0 Å². The average molecular weight is 305 g/mol. The van der Waals surface area contributed by atoms with E-state index in [9.17, 15) is 5.11 Å². The molecule has 0 amide bonds. The van der Waals surface area contributed by atoms with E-state index in [1.165, 1.54) is 22.3 Å². The molecule has 0 heterocycles. The molecule has 23 heavy (non-hydrogen) atoms. The molecule has 0 radical (unpaired) electrons. The van der Waals surface area contributed by atoms with Gasteiger partial charge in [0.05, 0.1) is 5.60 Å². The van der Waals surface area contributed by atoms with E-state index in [-0.39, 0.29) is 5.92 Å². The van der Waals surface area contributed by atoms with Gasteiger partial charge >= 0.3 is 0 Å². The molecule has 118 valence electrons. The maximum Gasteiger partial charge on any atom is 0.0920 e. The Morgan fingerprint density at radius 3 is 1.87 bits per heavy atom. The first kappa shape index (κ1) is 13.8. The van der Waals surface area contributed by atoms with Crippen molar-refractivity contribution >= 4 is 0 Å². The summed E-state index contributed by atoms with van der Waals surface area (Å²) in [7, 11) is 0. The van der Waals surface area contributed by atoms with Gasteiger partial charge in [-0.2, -0.15) is 0 Å². The quantitative estimate of drug-likeness (QED) is 0.911. The Balaban J connectivity index is 1.72. The molecule has 1 saturated carbocycles. The van der Waals surface area contributed by atoms with E-state index in [1.54, 1.807) is 0 Å². The molecule has 3 atom stereocenters. The third-order valence-electron chi connectivity index (χ3n) is 6.22. The topological polar surface area (TPSA) is 32.3 Å². The van der Waals surface area contributed by atoms with Gasteiger partial charge in [0.25, 0.3) is 0 Å². The third kappa shape index (κ3) is 1.66. The largest absolute Gasteiger partial charge is 0.387 e. The predicted octanol–water partition coefficient (Wildman–Crippen LogP) is 3.37. The molecule has 5 rings (SSSR count). The van der Waals surface area contributed by atoms with Gasteiger partial charge in [-0.1, -0.05) is 62.4 Å². The Labute approximate surface area is 137 Å². The van der Waals surface area contributed by atoms with Gasteiger partial charge in [0, 0.05) is 24.4 Å². The molecule has 3 aliphatic rings. The van der Waals surface area contributed by atoms with Gasteiger partial charge in [0.15, 0.2) is 0 Å². The van der Waals surface area contributed by atoms with E-state index in [1.807, 2.05) is 0 Å². The number of nitrogens with one attached hydrogen (secondary N) is 1. The molecule has 2 aromatic carbocycles. The van der Waals surface area contributed by atoms with Crippen LogP contribution in [0.3, 0.4) is 0 Å². The zero-order chi connectivity index (χ0) is 15.8. The molecule has 0 aliphatic heterocycles. The summed E-state index contributed by atoms with van der Waals surface area (Å²) in [5, 5.41) is 15.3. The Morgan fingerprint density at radius 1 is 0.913 bits per heavy atom. The highest BCUT2D eigenvalue weighted by Gasteiger charge is 2.71. The molecule has 1 fully saturated rings. The van der Waals surface area contributed by atoms with Crippen molar-refractivity contribution in [3.8, 4) is 0 Å². The van der Waals surface area contributed by atoms with Gasteiger partial charge in [-0.25, -0.2) is 0 Å². The molecule has 3 unspecified atom stereocenters. The smallest absolute Gasteiger partial charge is 0.0920 e. The molecular formula is C21H23NO. The molecule has 0 aromatic heterocycles.